The number of hydrogen-bond donors (Lipinski definition) is 1. The summed E-state index contributed by atoms with van der Waals surface area (Å²) >= 11 is 0.911. The molecule has 0 spiro atoms. The first-order chi connectivity index (χ1) is 15.4. The maximum atomic E-state index is 11.9. The molecular formula is C21H20N4O6S. The first kappa shape index (κ1) is 22.8. The third-order valence-electron chi connectivity index (χ3n) is 4.43. The van der Waals surface area contributed by atoms with Crippen molar-refractivity contribution in [2.75, 3.05) is 14.2 Å². The number of rotatable bonds is 9. The van der Waals surface area contributed by atoms with Crippen LogP contribution in [-0.2, 0) is 11.3 Å². The van der Waals surface area contributed by atoms with Gasteiger partial charge in [0.2, 0.25) is 0 Å². The van der Waals surface area contributed by atoms with Gasteiger partial charge in [0.15, 0.2) is 11.0 Å². The van der Waals surface area contributed by atoms with E-state index in [1.165, 1.54) is 24.3 Å². The molecule has 2 aromatic carbocycles. The standard InChI is InChI=1S/C21H20N4O6S/c1-4-24-19(14-10-16(30-2)12-17(11-14)31-3)22-23-21(24)32-18(20(26)27)9-13-6-5-7-15(8-13)25(28)29/h5-12H,4H2,1-3H3,(H,26,27)/b18-9-. The Morgan fingerprint density at radius 1 is 1.19 bits per heavy atom. The number of hydrogen-bond acceptors (Lipinski definition) is 8. The van der Waals surface area contributed by atoms with E-state index in [9.17, 15) is 20.0 Å². The van der Waals surface area contributed by atoms with E-state index in [-0.39, 0.29) is 10.6 Å². The van der Waals surface area contributed by atoms with E-state index >= 15 is 0 Å². The first-order valence-corrected chi connectivity index (χ1v) is 10.2. The fourth-order valence-corrected chi connectivity index (χ4v) is 3.80. The number of ether oxygens (including phenoxy) is 2. The van der Waals surface area contributed by atoms with Gasteiger partial charge in [-0.2, -0.15) is 0 Å². The van der Waals surface area contributed by atoms with E-state index in [2.05, 4.69) is 10.2 Å². The number of non-ortho nitro benzene ring substituents is 1. The molecule has 0 saturated heterocycles. The average molecular weight is 456 g/mol. The van der Waals surface area contributed by atoms with Gasteiger partial charge in [-0.05, 0) is 42.5 Å². The second kappa shape index (κ2) is 9.96. The molecule has 1 heterocycles. The molecule has 10 nitrogen and oxygen atoms in total. The predicted molar refractivity (Wildman–Crippen MR) is 119 cm³/mol. The summed E-state index contributed by atoms with van der Waals surface area (Å²) in [5.41, 5.74) is 0.964. The van der Waals surface area contributed by atoms with Gasteiger partial charge in [-0.1, -0.05) is 12.1 Å². The van der Waals surface area contributed by atoms with Gasteiger partial charge in [0, 0.05) is 30.3 Å². The van der Waals surface area contributed by atoms with Crippen LogP contribution in [0.3, 0.4) is 0 Å². The zero-order valence-electron chi connectivity index (χ0n) is 17.5. The zero-order chi connectivity index (χ0) is 23.3. The minimum absolute atomic E-state index is 0.0534. The first-order valence-electron chi connectivity index (χ1n) is 9.40. The van der Waals surface area contributed by atoms with Crippen molar-refractivity contribution >= 4 is 29.5 Å². The van der Waals surface area contributed by atoms with Crippen molar-refractivity contribution in [1.82, 2.24) is 14.8 Å². The Bertz CT molecular complexity index is 1170. The minimum atomic E-state index is -1.18. The Morgan fingerprint density at radius 3 is 2.44 bits per heavy atom. The van der Waals surface area contributed by atoms with E-state index < -0.39 is 10.9 Å². The number of carbonyl (C=O) groups is 1. The highest BCUT2D eigenvalue weighted by Crippen LogP contribution is 2.33. The molecule has 32 heavy (non-hydrogen) atoms. The molecule has 0 amide bonds. The zero-order valence-corrected chi connectivity index (χ0v) is 18.3. The van der Waals surface area contributed by atoms with Gasteiger partial charge < -0.3 is 19.1 Å². The van der Waals surface area contributed by atoms with E-state index in [0.717, 1.165) is 11.8 Å². The van der Waals surface area contributed by atoms with Gasteiger partial charge in [-0.3, -0.25) is 10.1 Å². The van der Waals surface area contributed by atoms with Crippen LogP contribution in [0.5, 0.6) is 11.5 Å². The second-order valence-corrected chi connectivity index (χ2v) is 7.43. The fourth-order valence-electron chi connectivity index (χ4n) is 2.91. The summed E-state index contributed by atoms with van der Waals surface area (Å²) in [5, 5.41) is 29.5. The Hall–Kier alpha value is -3.86. The van der Waals surface area contributed by atoms with Crippen LogP contribution in [0.15, 0.2) is 52.5 Å². The van der Waals surface area contributed by atoms with Crippen molar-refractivity contribution in [1.29, 1.82) is 0 Å². The average Bonchev–Trinajstić information content (AvgIpc) is 3.20. The SMILES string of the molecule is CCn1c(S/C(=C\c2cccc([N+](=O)[O-])c2)C(=O)O)nnc1-c1cc(OC)cc(OC)c1. The predicted octanol–water partition coefficient (Wildman–Crippen LogP) is 4.11. The van der Waals surface area contributed by atoms with Crippen molar-refractivity contribution in [3.63, 3.8) is 0 Å². The van der Waals surface area contributed by atoms with Crippen molar-refractivity contribution in [2.24, 2.45) is 0 Å². The largest absolute Gasteiger partial charge is 0.497 e. The van der Waals surface area contributed by atoms with Crippen LogP contribution in [0.1, 0.15) is 12.5 Å². The number of nitro benzene ring substituents is 1. The quantitative estimate of drug-likeness (QED) is 0.219. The molecule has 0 unspecified atom stereocenters. The lowest BCUT2D eigenvalue weighted by Crippen LogP contribution is -2.03. The van der Waals surface area contributed by atoms with Gasteiger partial charge >= 0.3 is 5.97 Å². The lowest BCUT2D eigenvalue weighted by Gasteiger charge is -2.10. The maximum Gasteiger partial charge on any atom is 0.342 e. The number of methoxy groups -OCH3 is 2. The summed E-state index contributed by atoms with van der Waals surface area (Å²) in [6.07, 6.45) is 1.36. The van der Waals surface area contributed by atoms with Crippen LogP contribution in [0.4, 0.5) is 5.69 Å². The Morgan fingerprint density at radius 2 is 1.88 bits per heavy atom. The van der Waals surface area contributed by atoms with Gasteiger partial charge in [-0.15, -0.1) is 10.2 Å². The number of nitrogens with zero attached hydrogens (tertiary/aromatic N) is 4. The Kier molecular flexibility index (Phi) is 7.11. The van der Waals surface area contributed by atoms with Crippen molar-refractivity contribution < 1.29 is 24.3 Å². The number of nitro groups is 1. The van der Waals surface area contributed by atoms with Gasteiger partial charge in [0.25, 0.3) is 5.69 Å². The molecule has 11 heteroatoms. The number of carboxylic acid groups (broad SMARTS) is 1. The van der Waals surface area contributed by atoms with Crippen LogP contribution in [0.25, 0.3) is 17.5 Å². The number of aliphatic carboxylic acids is 1. The summed E-state index contributed by atoms with van der Waals surface area (Å²) in [7, 11) is 3.09. The van der Waals surface area contributed by atoms with Crippen LogP contribution in [-0.4, -0.2) is 45.0 Å². The molecule has 0 aliphatic heterocycles. The van der Waals surface area contributed by atoms with E-state index in [4.69, 9.17) is 9.47 Å². The summed E-state index contributed by atoms with van der Waals surface area (Å²) in [5.74, 6) is 0.496. The van der Waals surface area contributed by atoms with Crippen LogP contribution in [0.2, 0.25) is 0 Å². The van der Waals surface area contributed by atoms with Gasteiger partial charge in [0.05, 0.1) is 19.1 Å². The van der Waals surface area contributed by atoms with Gasteiger partial charge in [-0.25, -0.2) is 4.79 Å². The molecule has 0 bridgehead atoms. The summed E-state index contributed by atoms with van der Waals surface area (Å²) < 4.78 is 12.4. The molecule has 0 saturated carbocycles. The Balaban J connectivity index is 2.00. The monoisotopic (exact) mass is 456 g/mol. The normalized spacial score (nSPS) is 11.3. The van der Waals surface area contributed by atoms with Crippen LogP contribution >= 0.6 is 11.8 Å². The van der Waals surface area contributed by atoms with E-state index in [1.54, 1.807) is 43.1 Å². The van der Waals surface area contributed by atoms with Crippen LogP contribution in [0, 0.1) is 10.1 Å². The van der Waals surface area contributed by atoms with E-state index in [1.807, 2.05) is 6.92 Å². The molecule has 0 atom stereocenters. The smallest absolute Gasteiger partial charge is 0.342 e. The summed E-state index contributed by atoms with van der Waals surface area (Å²) in [6.45, 7) is 2.37. The fraction of sp³-hybridized carbons (Fsp3) is 0.190. The highest BCUT2D eigenvalue weighted by Gasteiger charge is 2.19. The molecule has 0 fully saturated rings. The third-order valence-corrected chi connectivity index (χ3v) is 5.43. The lowest BCUT2D eigenvalue weighted by molar-refractivity contribution is -0.384. The highest BCUT2D eigenvalue weighted by molar-refractivity contribution is 8.04. The molecule has 0 aliphatic rings. The van der Waals surface area contributed by atoms with Gasteiger partial charge in [0.1, 0.15) is 16.4 Å². The third kappa shape index (κ3) is 5.06. The number of thioether (sulfide) groups is 1. The topological polar surface area (TPSA) is 130 Å². The minimum Gasteiger partial charge on any atom is -0.497 e. The number of carboxylic acids is 1. The second-order valence-electron chi connectivity index (χ2n) is 6.42. The van der Waals surface area contributed by atoms with Crippen molar-refractivity contribution in [3.05, 3.63) is 63.0 Å². The molecule has 0 radical (unpaired) electrons. The Labute approximate surface area is 187 Å². The summed E-state index contributed by atoms with van der Waals surface area (Å²) in [4.78, 5) is 22.3. The van der Waals surface area contributed by atoms with Crippen LogP contribution < -0.4 is 9.47 Å². The number of benzene rings is 2. The van der Waals surface area contributed by atoms with Crippen molar-refractivity contribution in [3.8, 4) is 22.9 Å². The number of aromatic nitrogens is 3. The molecular weight excluding hydrogens is 436 g/mol. The lowest BCUT2D eigenvalue weighted by atomic mass is 10.2. The molecule has 3 rings (SSSR count). The molecule has 1 aromatic heterocycles. The molecule has 0 aliphatic carbocycles. The summed E-state index contributed by atoms with van der Waals surface area (Å²) in [6, 6.07) is 11.0. The highest BCUT2D eigenvalue weighted by atomic mass is 32.2. The molecule has 1 N–H and O–H groups in total. The van der Waals surface area contributed by atoms with E-state index in [0.29, 0.717) is 40.2 Å². The molecule has 3 aromatic rings. The van der Waals surface area contributed by atoms with Crippen molar-refractivity contribution in [2.45, 2.75) is 18.6 Å². The molecule has 166 valence electrons. The maximum absolute atomic E-state index is 11.9.